The second-order valence-electron chi connectivity index (χ2n) is 8.33. The van der Waals surface area contributed by atoms with Gasteiger partial charge >= 0.3 is 18.4 Å². The minimum atomic E-state index is -5.09. The topological polar surface area (TPSA) is 61.4 Å². The molecule has 38 heavy (non-hydrogen) atoms. The van der Waals surface area contributed by atoms with Crippen molar-refractivity contribution in [1.29, 1.82) is 0 Å². The average Bonchev–Trinajstić information content (AvgIpc) is 2.83. The van der Waals surface area contributed by atoms with E-state index in [1.165, 1.54) is 17.0 Å². The molecule has 0 spiro atoms. The summed E-state index contributed by atoms with van der Waals surface area (Å²) in [5.74, 6) is -1.67. The fourth-order valence-corrected chi connectivity index (χ4v) is 3.51. The van der Waals surface area contributed by atoms with Crippen LogP contribution in [-0.2, 0) is 12.4 Å². The van der Waals surface area contributed by atoms with Gasteiger partial charge in [-0.2, -0.15) is 26.3 Å². The fraction of sp³-hybridized carbons (Fsp3) is 0.231. The number of nitrogens with zero attached hydrogens (tertiary/aromatic N) is 1. The van der Waals surface area contributed by atoms with Gasteiger partial charge in [0.2, 0.25) is 0 Å². The molecule has 0 saturated carbocycles. The molecule has 0 fully saturated rings. The monoisotopic (exact) mass is 541 g/mol. The van der Waals surface area contributed by atoms with Crippen molar-refractivity contribution in [2.75, 3.05) is 23.3 Å². The van der Waals surface area contributed by atoms with E-state index in [2.05, 4.69) is 10.6 Å². The smallest absolute Gasteiger partial charge is 0.352 e. The first kappa shape index (κ1) is 28.5. The molecule has 0 aliphatic heterocycles. The molecule has 0 saturated heterocycles. The fourth-order valence-electron chi connectivity index (χ4n) is 3.51. The molecule has 0 radical (unpaired) electrons. The lowest BCUT2D eigenvalue weighted by Crippen LogP contribution is -2.37. The quantitative estimate of drug-likeness (QED) is 0.249. The summed E-state index contributed by atoms with van der Waals surface area (Å²) in [5.41, 5.74) is -2.29. The Labute approximate surface area is 213 Å². The highest BCUT2D eigenvalue weighted by Crippen LogP contribution is 2.36. The maximum absolute atomic E-state index is 13.4. The zero-order valence-electron chi connectivity index (χ0n) is 19.9. The number of alkyl halides is 6. The third-order valence-corrected chi connectivity index (χ3v) is 5.35. The Bertz CT molecular complexity index is 1260. The Morgan fingerprint density at radius 2 is 1.45 bits per heavy atom. The van der Waals surface area contributed by atoms with Crippen molar-refractivity contribution in [2.24, 2.45) is 0 Å². The summed E-state index contributed by atoms with van der Waals surface area (Å²) < 4.78 is 91.8. The summed E-state index contributed by atoms with van der Waals surface area (Å²) in [6, 6.07) is 12.0. The Morgan fingerprint density at radius 1 is 0.842 bits per heavy atom. The van der Waals surface area contributed by atoms with Gasteiger partial charge in [0.25, 0.3) is 5.91 Å². The summed E-state index contributed by atoms with van der Waals surface area (Å²) in [4.78, 5) is 26.6. The lowest BCUT2D eigenvalue weighted by Gasteiger charge is -2.23. The second kappa shape index (κ2) is 11.5. The van der Waals surface area contributed by atoms with Crippen molar-refractivity contribution in [3.05, 3.63) is 94.8 Å². The first-order valence-electron chi connectivity index (χ1n) is 11.2. The first-order valence-corrected chi connectivity index (χ1v) is 11.2. The molecule has 3 rings (SSSR count). The minimum Gasteiger partial charge on any atom is -0.352 e. The molecule has 0 aliphatic rings. The Morgan fingerprint density at radius 3 is 2.00 bits per heavy atom. The molecule has 12 heteroatoms. The lowest BCUT2D eigenvalue weighted by molar-refractivity contribution is -0.143. The number of carbonyl (C=O) groups is 2. The lowest BCUT2D eigenvalue weighted by atomic mass is 10.0. The van der Waals surface area contributed by atoms with Gasteiger partial charge in [0.05, 0.1) is 11.1 Å². The second-order valence-corrected chi connectivity index (χ2v) is 8.33. The molecule has 3 amide bonds. The van der Waals surface area contributed by atoms with E-state index >= 15 is 0 Å². The normalized spacial score (nSPS) is 11.7. The highest BCUT2D eigenvalue weighted by Gasteiger charge is 2.37. The van der Waals surface area contributed by atoms with E-state index in [0.717, 1.165) is 17.7 Å². The van der Waals surface area contributed by atoms with Gasteiger partial charge in [-0.15, -0.1) is 0 Å². The van der Waals surface area contributed by atoms with Crippen molar-refractivity contribution in [3.8, 4) is 0 Å². The van der Waals surface area contributed by atoms with Gasteiger partial charge in [-0.1, -0.05) is 12.1 Å². The van der Waals surface area contributed by atoms with Gasteiger partial charge in [-0.3, -0.25) is 9.69 Å². The molecule has 0 heterocycles. The molecular formula is C26H22F7N3O2. The van der Waals surface area contributed by atoms with E-state index in [1.807, 2.05) is 13.0 Å². The highest BCUT2D eigenvalue weighted by atomic mass is 19.4. The van der Waals surface area contributed by atoms with Gasteiger partial charge in [-0.05, 0) is 73.5 Å². The van der Waals surface area contributed by atoms with Crippen LogP contribution in [0.4, 0.5) is 46.9 Å². The number of benzene rings is 3. The molecule has 0 unspecified atom stereocenters. The van der Waals surface area contributed by atoms with Crippen molar-refractivity contribution in [3.63, 3.8) is 0 Å². The molecule has 5 nitrogen and oxygen atoms in total. The van der Waals surface area contributed by atoms with Crippen LogP contribution in [0.3, 0.4) is 0 Å². The van der Waals surface area contributed by atoms with Crippen LogP contribution in [0.1, 0.15) is 33.5 Å². The molecule has 202 valence electrons. The van der Waals surface area contributed by atoms with Crippen LogP contribution < -0.4 is 15.5 Å². The van der Waals surface area contributed by atoms with Gasteiger partial charge in [0.15, 0.2) is 0 Å². The van der Waals surface area contributed by atoms with E-state index in [1.54, 1.807) is 18.2 Å². The van der Waals surface area contributed by atoms with Gasteiger partial charge in [-0.25, -0.2) is 9.18 Å². The number of urea groups is 1. The molecule has 0 aliphatic carbocycles. The van der Waals surface area contributed by atoms with Crippen molar-refractivity contribution in [1.82, 2.24) is 5.32 Å². The number of nitrogens with one attached hydrogen (secondary N) is 2. The maximum Gasteiger partial charge on any atom is 0.416 e. The summed E-state index contributed by atoms with van der Waals surface area (Å²) in [6.07, 6.45) is -10.1. The Balaban J connectivity index is 1.70. The summed E-state index contributed by atoms with van der Waals surface area (Å²) in [7, 11) is 0. The largest absolute Gasteiger partial charge is 0.416 e. The minimum absolute atomic E-state index is 0.0139. The molecular weight excluding hydrogens is 519 g/mol. The predicted octanol–water partition coefficient (Wildman–Crippen LogP) is 7.03. The number of anilines is 2. The molecule has 0 atom stereocenters. The van der Waals surface area contributed by atoms with E-state index in [0.29, 0.717) is 23.5 Å². The van der Waals surface area contributed by atoms with Crippen LogP contribution in [0.25, 0.3) is 0 Å². The molecule has 3 aromatic carbocycles. The molecule has 3 aromatic rings. The molecule has 0 bridgehead atoms. The van der Waals surface area contributed by atoms with Crippen LogP contribution >= 0.6 is 0 Å². The van der Waals surface area contributed by atoms with Crippen molar-refractivity contribution >= 4 is 23.3 Å². The SMILES string of the molecule is Cc1cccc(NC(=O)N(CCCNC(=O)c2cc(C(F)(F)F)cc(C(F)(F)F)c2)c2ccc(F)cc2)c1. The van der Waals surface area contributed by atoms with E-state index < -0.39 is 46.8 Å². The third kappa shape index (κ3) is 7.70. The third-order valence-electron chi connectivity index (χ3n) is 5.35. The van der Waals surface area contributed by atoms with Crippen molar-refractivity contribution < 1.29 is 40.3 Å². The van der Waals surface area contributed by atoms with E-state index in [9.17, 15) is 40.3 Å². The zero-order chi connectivity index (χ0) is 28.1. The van der Waals surface area contributed by atoms with Crippen LogP contribution in [0, 0.1) is 12.7 Å². The summed E-state index contributed by atoms with van der Waals surface area (Å²) in [5, 5.41) is 4.98. The van der Waals surface area contributed by atoms with Crippen LogP contribution in [0.5, 0.6) is 0 Å². The number of carbonyl (C=O) groups excluding carboxylic acids is 2. The van der Waals surface area contributed by atoms with E-state index in [-0.39, 0.29) is 25.6 Å². The molecule has 2 N–H and O–H groups in total. The molecule has 0 aromatic heterocycles. The summed E-state index contributed by atoms with van der Waals surface area (Å²) in [6.45, 7) is 1.64. The van der Waals surface area contributed by atoms with Crippen LogP contribution in [0.2, 0.25) is 0 Å². The van der Waals surface area contributed by atoms with Gasteiger partial charge < -0.3 is 10.6 Å². The number of hydrogen-bond donors (Lipinski definition) is 2. The van der Waals surface area contributed by atoms with Crippen LogP contribution in [-0.4, -0.2) is 25.0 Å². The highest BCUT2D eigenvalue weighted by molar-refractivity contribution is 6.01. The first-order chi connectivity index (χ1) is 17.7. The summed E-state index contributed by atoms with van der Waals surface area (Å²) >= 11 is 0. The van der Waals surface area contributed by atoms with E-state index in [4.69, 9.17) is 0 Å². The Hall–Kier alpha value is -4.09. The van der Waals surface area contributed by atoms with Gasteiger partial charge in [0.1, 0.15) is 5.82 Å². The predicted molar refractivity (Wildman–Crippen MR) is 127 cm³/mol. The zero-order valence-corrected chi connectivity index (χ0v) is 19.9. The number of halogens is 7. The Kier molecular flexibility index (Phi) is 8.64. The standard InChI is InChI=1S/C26H22F7N3O2/c1-16-4-2-5-21(12-16)35-24(38)36(22-8-6-20(27)7-9-22)11-3-10-34-23(37)17-13-18(25(28,29)30)15-19(14-17)26(31,32)33/h2,4-9,12-15H,3,10-11H2,1H3,(H,34,37)(H,35,38). The average molecular weight is 541 g/mol. The van der Waals surface area contributed by atoms with Gasteiger partial charge in [0, 0.05) is 30.0 Å². The number of amides is 3. The number of rotatable bonds is 7. The number of hydrogen-bond acceptors (Lipinski definition) is 2. The number of aryl methyl sites for hydroxylation is 1. The van der Waals surface area contributed by atoms with Crippen LogP contribution in [0.15, 0.2) is 66.7 Å². The maximum atomic E-state index is 13.4. The van der Waals surface area contributed by atoms with Crippen molar-refractivity contribution in [2.45, 2.75) is 25.7 Å².